The molecule has 0 spiro atoms. The molecule has 0 saturated heterocycles. The first-order chi connectivity index (χ1) is 7.74. The molecule has 0 atom stereocenters. The molecule has 80 valence electrons. The van der Waals surface area contributed by atoms with Crippen LogP contribution in [0.4, 0.5) is 5.82 Å². The maximum atomic E-state index is 8.77. The highest BCUT2D eigenvalue weighted by atomic mass is 16.5. The maximum absolute atomic E-state index is 8.77. The molecule has 0 fully saturated rings. The van der Waals surface area contributed by atoms with Crippen LogP contribution >= 0.6 is 0 Å². The summed E-state index contributed by atoms with van der Waals surface area (Å²) in [5.74, 6) is 1.33. The first-order valence-corrected chi connectivity index (χ1v) is 4.77. The van der Waals surface area contributed by atoms with Gasteiger partial charge in [0.05, 0.1) is 12.7 Å². The Bertz CT molecular complexity index is 534. The number of ether oxygens (including phenoxy) is 1. The quantitative estimate of drug-likeness (QED) is 0.829. The van der Waals surface area contributed by atoms with Crippen molar-refractivity contribution in [3.05, 3.63) is 42.1 Å². The highest BCUT2D eigenvalue weighted by molar-refractivity contribution is 5.50. The molecule has 2 N–H and O–H groups in total. The van der Waals surface area contributed by atoms with Crippen molar-refractivity contribution in [2.24, 2.45) is 0 Å². The van der Waals surface area contributed by atoms with Gasteiger partial charge in [0.15, 0.2) is 0 Å². The number of rotatable bonds is 2. The number of nitriles is 1. The van der Waals surface area contributed by atoms with Crippen LogP contribution in [0.25, 0.3) is 5.69 Å². The van der Waals surface area contributed by atoms with Crippen molar-refractivity contribution >= 4 is 5.82 Å². The Labute approximate surface area is 93.5 Å². The number of nitrogens with two attached hydrogens (primary N) is 1. The van der Waals surface area contributed by atoms with Gasteiger partial charge in [0.25, 0.3) is 0 Å². The highest BCUT2D eigenvalue weighted by Crippen LogP contribution is 2.19. The minimum atomic E-state index is 0.543. The summed E-state index contributed by atoms with van der Waals surface area (Å²) >= 11 is 0. The lowest BCUT2D eigenvalue weighted by atomic mass is 10.3. The minimum absolute atomic E-state index is 0.543. The van der Waals surface area contributed by atoms with Crippen molar-refractivity contribution in [1.82, 2.24) is 4.57 Å². The number of anilines is 1. The SMILES string of the molecule is COc1ccc(-n2cc(C#N)cc2N)cc1. The number of methoxy groups -OCH3 is 1. The Balaban J connectivity index is 2.42. The molecule has 16 heavy (non-hydrogen) atoms. The van der Waals surface area contributed by atoms with Gasteiger partial charge in [-0.15, -0.1) is 0 Å². The standard InChI is InChI=1S/C12H11N3O/c1-16-11-4-2-10(3-5-11)15-8-9(7-13)6-12(15)14/h2-6,8H,14H2,1H3. The molecule has 4 nitrogen and oxygen atoms in total. The fourth-order valence-electron chi connectivity index (χ4n) is 1.51. The van der Waals surface area contributed by atoms with Gasteiger partial charge in [0.1, 0.15) is 17.6 Å². The first kappa shape index (κ1) is 10.1. The molecule has 0 unspecified atom stereocenters. The number of hydrogen-bond donors (Lipinski definition) is 1. The average Bonchev–Trinajstić information content (AvgIpc) is 2.71. The second-order valence-electron chi connectivity index (χ2n) is 3.33. The van der Waals surface area contributed by atoms with Crippen LogP contribution in [0.3, 0.4) is 0 Å². The smallest absolute Gasteiger partial charge is 0.119 e. The molecule has 0 saturated carbocycles. The molecule has 0 radical (unpaired) electrons. The Morgan fingerprint density at radius 3 is 2.50 bits per heavy atom. The molecule has 1 aromatic heterocycles. The zero-order valence-electron chi connectivity index (χ0n) is 8.84. The third-order valence-corrected chi connectivity index (χ3v) is 2.33. The van der Waals surface area contributed by atoms with E-state index in [-0.39, 0.29) is 0 Å². The van der Waals surface area contributed by atoms with E-state index in [9.17, 15) is 0 Å². The van der Waals surface area contributed by atoms with Gasteiger partial charge in [0, 0.05) is 11.9 Å². The summed E-state index contributed by atoms with van der Waals surface area (Å²) in [5, 5.41) is 8.77. The van der Waals surface area contributed by atoms with Gasteiger partial charge in [-0.05, 0) is 30.3 Å². The van der Waals surface area contributed by atoms with Crippen LogP contribution in [-0.4, -0.2) is 11.7 Å². The van der Waals surface area contributed by atoms with E-state index >= 15 is 0 Å². The van der Waals surface area contributed by atoms with Crippen LogP contribution in [0.5, 0.6) is 5.75 Å². The van der Waals surface area contributed by atoms with Crippen LogP contribution in [0.1, 0.15) is 5.56 Å². The molecule has 1 heterocycles. The Morgan fingerprint density at radius 1 is 1.31 bits per heavy atom. The first-order valence-electron chi connectivity index (χ1n) is 4.77. The number of benzene rings is 1. The topological polar surface area (TPSA) is 64.0 Å². The molecule has 2 aromatic rings. The summed E-state index contributed by atoms with van der Waals surface area (Å²) in [4.78, 5) is 0. The van der Waals surface area contributed by atoms with Crippen molar-refractivity contribution in [2.75, 3.05) is 12.8 Å². The van der Waals surface area contributed by atoms with Crippen LogP contribution < -0.4 is 10.5 Å². The number of nitrogens with zero attached hydrogens (tertiary/aromatic N) is 2. The van der Waals surface area contributed by atoms with Crippen molar-refractivity contribution in [3.63, 3.8) is 0 Å². The summed E-state index contributed by atoms with van der Waals surface area (Å²) in [5.41, 5.74) is 7.25. The monoisotopic (exact) mass is 213 g/mol. The zero-order valence-corrected chi connectivity index (χ0v) is 8.84. The van der Waals surface area contributed by atoms with Gasteiger partial charge in [-0.25, -0.2) is 0 Å². The van der Waals surface area contributed by atoms with Gasteiger partial charge >= 0.3 is 0 Å². The largest absolute Gasteiger partial charge is 0.497 e. The Kier molecular flexibility index (Phi) is 2.52. The second kappa shape index (κ2) is 3.99. The summed E-state index contributed by atoms with van der Waals surface area (Å²) in [6.07, 6.45) is 1.71. The molecule has 0 aliphatic carbocycles. The van der Waals surface area contributed by atoms with Gasteiger partial charge < -0.3 is 15.0 Å². The number of nitrogen functional groups attached to an aromatic ring is 1. The van der Waals surface area contributed by atoms with E-state index in [2.05, 4.69) is 6.07 Å². The Morgan fingerprint density at radius 2 is 2.00 bits per heavy atom. The van der Waals surface area contributed by atoms with E-state index in [4.69, 9.17) is 15.7 Å². The normalized spacial score (nSPS) is 9.75. The average molecular weight is 213 g/mol. The van der Waals surface area contributed by atoms with E-state index in [1.54, 1.807) is 23.9 Å². The van der Waals surface area contributed by atoms with Gasteiger partial charge in [0.2, 0.25) is 0 Å². The second-order valence-corrected chi connectivity index (χ2v) is 3.33. The van der Waals surface area contributed by atoms with Crippen LogP contribution in [-0.2, 0) is 0 Å². The summed E-state index contributed by atoms with van der Waals surface area (Å²) in [6, 6.07) is 11.2. The molecule has 4 heteroatoms. The molecule has 0 aliphatic rings. The third-order valence-electron chi connectivity index (χ3n) is 2.33. The van der Waals surface area contributed by atoms with Gasteiger partial charge in [-0.3, -0.25) is 0 Å². The predicted octanol–water partition coefficient (Wildman–Crippen LogP) is 1.94. The van der Waals surface area contributed by atoms with E-state index in [1.807, 2.05) is 24.3 Å². The van der Waals surface area contributed by atoms with Crippen LogP contribution in [0.2, 0.25) is 0 Å². The molecule has 2 rings (SSSR count). The lowest BCUT2D eigenvalue weighted by molar-refractivity contribution is 0.415. The summed E-state index contributed by atoms with van der Waals surface area (Å²) in [7, 11) is 1.62. The lowest BCUT2D eigenvalue weighted by Crippen LogP contribution is -1.97. The zero-order chi connectivity index (χ0) is 11.5. The highest BCUT2D eigenvalue weighted by Gasteiger charge is 2.04. The maximum Gasteiger partial charge on any atom is 0.119 e. The van der Waals surface area contributed by atoms with Crippen molar-refractivity contribution < 1.29 is 4.74 Å². The van der Waals surface area contributed by atoms with E-state index in [0.717, 1.165) is 11.4 Å². The predicted molar refractivity (Wildman–Crippen MR) is 61.4 cm³/mol. The number of hydrogen-bond acceptors (Lipinski definition) is 3. The molecular weight excluding hydrogens is 202 g/mol. The lowest BCUT2D eigenvalue weighted by Gasteiger charge is -2.06. The summed E-state index contributed by atoms with van der Waals surface area (Å²) < 4.78 is 6.83. The Hall–Kier alpha value is -2.41. The van der Waals surface area contributed by atoms with E-state index < -0.39 is 0 Å². The number of aromatic nitrogens is 1. The fraction of sp³-hybridized carbons (Fsp3) is 0.0833. The summed E-state index contributed by atoms with van der Waals surface area (Å²) in [6.45, 7) is 0. The van der Waals surface area contributed by atoms with E-state index in [0.29, 0.717) is 11.4 Å². The molecule has 0 amide bonds. The van der Waals surface area contributed by atoms with Crippen LogP contribution in [0.15, 0.2) is 36.5 Å². The minimum Gasteiger partial charge on any atom is -0.497 e. The fourth-order valence-corrected chi connectivity index (χ4v) is 1.51. The molecule has 1 aromatic carbocycles. The molecule has 0 bridgehead atoms. The van der Waals surface area contributed by atoms with Gasteiger partial charge in [-0.1, -0.05) is 0 Å². The van der Waals surface area contributed by atoms with Crippen LogP contribution in [0, 0.1) is 11.3 Å². The third kappa shape index (κ3) is 1.71. The van der Waals surface area contributed by atoms with Crippen molar-refractivity contribution in [1.29, 1.82) is 5.26 Å². The van der Waals surface area contributed by atoms with Crippen molar-refractivity contribution in [3.8, 4) is 17.5 Å². The van der Waals surface area contributed by atoms with Gasteiger partial charge in [-0.2, -0.15) is 5.26 Å². The van der Waals surface area contributed by atoms with Crippen molar-refractivity contribution in [2.45, 2.75) is 0 Å². The van der Waals surface area contributed by atoms with E-state index in [1.165, 1.54) is 0 Å². The molecule has 0 aliphatic heterocycles. The molecular formula is C12H11N3O.